The molecule has 0 amide bonds. The Kier molecular flexibility index (Phi) is 5.89. The number of hydrogen-bond acceptors (Lipinski definition) is 5. The summed E-state index contributed by atoms with van der Waals surface area (Å²) in [6, 6.07) is 7.70. The van der Waals surface area contributed by atoms with E-state index in [4.69, 9.17) is 0 Å². The van der Waals surface area contributed by atoms with Gasteiger partial charge in [-0.3, -0.25) is 0 Å². The van der Waals surface area contributed by atoms with Crippen LogP contribution in [0.15, 0.2) is 30.3 Å². The summed E-state index contributed by atoms with van der Waals surface area (Å²) in [7, 11) is -3.36. The van der Waals surface area contributed by atoms with Crippen LogP contribution in [0.5, 0.6) is 5.75 Å². The van der Waals surface area contributed by atoms with Gasteiger partial charge >= 0.3 is 45.0 Å². The third-order valence-corrected chi connectivity index (χ3v) is 2.31. The van der Waals surface area contributed by atoms with Crippen molar-refractivity contribution in [3.63, 3.8) is 0 Å². The predicted molar refractivity (Wildman–Crippen MR) is 55.5 cm³/mol. The van der Waals surface area contributed by atoms with E-state index < -0.39 is 15.4 Å². The molecular weight excluding hydrogens is 231 g/mol. The molecule has 0 heterocycles. The molecule has 0 saturated heterocycles. The van der Waals surface area contributed by atoms with Crippen molar-refractivity contribution in [1.29, 1.82) is 0 Å². The van der Waals surface area contributed by atoms with Crippen molar-refractivity contribution < 1.29 is 22.1 Å². The Bertz CT molecular complexity index is 414. The summed E-state index contributed by atoms with van der Waals surface area (Å²) < 4.78 is 30.6. The van der Waals surface area contributed by atoms with E-state index in [0.717, 1.165) is 7.11 Å². The van der Waals surface area contributed by atoms with Crippen molar-refractivity contribution in [2.45, 2.75) is 0 Å². The number of rotatable bonds is 2. The van der Waals surface area contributed by atoms with E-state index in [1.807, 2.05) is 0 Å². The SMILES string of the molecule is COC(=O)S(=O)(=O)Oc1ccccc1.[NaH]. The molecule has 0 aliphatic rings. The minimum absolute atomic E-state index is 0. The van der Waals surface area contributed by atoms with Gasteiger partial charge in [0.15, 0.2) is 0 Å². The first-order chi connectivity index (χ1) is 6.56. The van der Waals surface area contributed by atoms with Crippen LogP contribution in [-0.2, 0) is 14.9 Å². The summed E-state index contributed by atoms with van der Waals surface area (Å²) >= 11 is 0. The standard InChI is InChI=1S/C8H8O5S.Na.H/c1-12-8(9)14(10,11)13-7-5-3-2-4-6-7;;/h2-6H,1H3;;. The normalized spacial score (nSPS) is 9.93. The van der Waals surface area contributed by atoms with Crippen LogP contribution in [0.2, 0.25) is 0 Å². The Balaban J connectivity index is 0.00000196. The van der Waals surface area contributed by atoms with Crippen LogP contribution in [0.3, 0.4) is 0 Å². The summed E-state index contributed by atoms with van der Waals surface area (Å²) in [5.74, 6) is 0.0675. The molecule has 0 radical (unpaired) electrons. The zero-order valence-electron chi connectivity index (χ0n) is 7.34. The summed E-state index contributed by atoms with van der Waals surface area (Å²) in [5, 5.41) is -1.42. The quantitative estimate of drug-likeness (QED) is 0.428. The van der Waals surface area contributed by atoms with E-state index in [-0.39, 0.29) is 35.3 Å². The third kappa shape index (κ3) is 4.21. The van der Waals surface area contributed by atoms with Crippen LogP contribution >= 0.6 is 0 Å². The van der Waals surface area contributed by atoms with E-state index >= 15 is 0 Å². The maximum atomic E-state index is 11.0. The van der Waals surface area contributed by atoms with Gasteiger partial charge in [-0.2, -0.15) is 8.42 Å². The van der Waals surface area contributed by atoms with Crippen molar-refractivity contribution >= 4 is 45.0 Å². The Labute approximate surface area is 110 Å². The van der Waals surface area contributed by atoms with Crippen LogP contribution < -0.4 is 4.18 Å². The molecule has 1 rings (SSSR count). The minimum atomic E-state index is -4.32. The molecule has 1 aromatic carbocycles. The Morgan fingerprint density at radius 2 is 1.73 bits per heavy atom. The molecule has 0 unspecified atom stereocenters. The number of carbonyl (C=O) groups excluding carboxylic acids is 1. The van der Waals surface area contributed by atoms with Gasteiger partial charge in [0, 0.05) is 0 Å². The molecule has 0 spiro atoms. The van der Waals surface area contributed by atoms with Gasteiger partial charge < -0.3 is 8.92 Å². The molecule has 0 atom stereocenters. The summed E-state index contributed by atoms with van der Waals surface area (Å²) in [6.45, 7) is 0. The summed E-state index contributed by atoms with van der Waals surface area (Å²) in [4.78, 5) is 10.7. The van der Waals surface area contributed by atoms with Gasteiger partial charge in [0.1, 0.15) is 5.75 Å². The number of carbonyl (C=O) groups is 1. The fourth-order valence-corrected chi connectivity index (χ4v) is 1.38. The van der Waals surface area contributed by atoms with Crippen molar-refractivity contribution in [3.8, 4) is 5.75 Å². The molecule has 0 saturated carbocycles. The number of hydrogen-bond donors (Lipinski definition) is 0. The van der Waals surface area contributed by atoms with Gasteiger partial charge in [0.05, 0.1) is 7.11 Å². The third-order valence-electron chi connectivity index (χ3n) is 1.32. The van der Waals surface area contributed by atoms with Gasteiger partial charge in [-0.15, -0.1) is 0 Å². The van der Waals surface area contributed by atoms with Crippen LogP contribution in [0, 0.1) is 0 Å². The molecule has 0 aliphatic heterocycles. The van der Waals surface area contributed by atoms with Gasteiger partial charge in [-0.1, -0.05) is 18.2 Å². The number of methoxy groups -OCH3 is 1. The second-order valence-electron chi connectivity index (χ2n) is 2.30. The monoisotopic (exact) mass is 240 g/mol. The zero-order valence-corrected chi connectivity index (χ0v) is 8.15. The molecule has 78 valence electrons. The zero-order chi connectivity index (χ0) is 10.6. The van der Waals surface area contributed by atoms with Crippen molar-refractivity contribution in [1.82, 2.24) is 0 Å². The Morgan fingerprint density at radius 3 is 2.20 bits per heavy atom. The molecule has 15 heavy (non-hydrogen) atoms. The number of benzene rings is 1. The van der Waals surface area contributed by atoms with E-state index in [1.54, 1.807) is 18.2 Å². The van der Waals surface area contributed by atoms with Crippen molar-refractivity contribution in [2.24, 2.45) is 0 Å². The van der Waals surface area contributed by atoms with Gasteiger partial charge in [0.2, 0.25) is 0 Å². The van der Waals surface area contributed by atoms with Crippen LogP contribution in [0.1, 0.15) is 0 Å². The average Bonchev–Trinajstić information content (AvgIpc) is 2.17. The molecular formula is C8H9NaO5S. The molecule has 1 aromatic rings. The van der Waals surface area contributed by atoms with Crippen LogP contribution in [0.25, 0.3) is 0 Å². The molecule has 7 heteroatoms. The van der Waals surface area contributed by atoms with Gasteiger partial charge in [-0.05, 0) is 12.1 Å². The number of ether oxygens (including phenoxy) is 1. The van der Waals surface area contributed by atoms with Gasteiger partial charge in [0.25, 0.3) is 0 Å². The second kappa shape index (κ2) is 6.12. The van der Waals surface area contributed by atoms with E-state index in [1.165, 1.54) is 12.1 Å². The molecule has 0 fully saturated rings. The van der Waals surface area contributed by atoms with Gasteiger partial charge in [-0.25, -0.2) is 4.79 Å². The van der Waals surface area contributed by atoms with E-state index in [2.05, 4.69) is 8.92 Å². The van der Waals surface area contributed by atoms with Crippen LogP contribution in [-0.4, -0.2) is 50.4 Å². The number of para-hydroxylation sites is 1. The topological polar surface area (TPSA) is 69.7 Å². The molecule has 0 bridgehead atoms. The first-order valence-electron chi connectivity index (χ1n) is 3.64. The fraction of sp³-hybridized carbons (Fsp3) is 0.125. The first kappa shape index (κ1) is 14.4. The van der Waals surface area contributed by atoms with E-state index in [0.29, 0.717) is 0 Å². The predicted octanol–water partition coefficient (Wildman–Crippen LogP) is 0.513. The Morgan fingerprint density at radius 1 is 1.20 bits per heavy atom. The maximum absolute atomic E-state index is 11.0. The molecule has 0 N–H and O–H groups in total. The molecule has 0 aromatic heterocycles. The Hall–Kier alpha value is -0.560. The van der Waals surface area contributed by atoms with Crippen molar-refractivity contribution in [2.75, 3.05) is 7.11 Å². The first-order valence-corrected chi connectivity index (χ1v) is 5.04. The van der Waals surface area contributed by atoms with Crippen LogP contribution in [0.4, 0.5) is 4.79 Å². The molecule has 5 nitrogen and oxygen atoms in total. The van der Waals surface area contributed by atoms with E-state index in [9.17, 15) is 13.2 Å². The molecule has 0 aliphatic carbocycles. The second-order valence-corrected chi connectivity index (χ2v) is 3.71. The summed E-state index contributed by atoms with van der Waals surface area (Å²) in [6.07, 6.45) is 0. The summed E-state index contributed by atoms with van der Waals surface area (Å²) in [5.41, 5.74) is 0. The fourth-order valence-electron chi connectivity index (χ4n) is 0.739. The van der Waals surface area contributed by atoms with Crippen molar-refractivity contribution in [3.05, 3.63) is 30.3 Å². The average molecular weight is 240 g/mol.